The minimum absolute atomic E-state index is 0.535. The van der Waals surface area contributed by atoms with E-state index in [2.05, 4.69) is 16.2 Å². The second-order valence-corrected chi connectivity index (χ2v) is 4.29. The average Bonchev–Trinajstić information content (AvgIpc) is 2.40. The highest BCUT2D eigenvalue weighted by Gasteiger charge is 1.99. The van der Waals surface area contributed by atoms with E-state index < -0.39 is 0 Å². The van der Waals surface area contributed by atoms with E-state index in [9.17, 15) is 0 Å². The Bertz CT molecular complexity index is 526. The maximum atomic E-state index is 5.21. The van der Waals surface area contributed by atoms with Gasteiger partial charge in [-0.15, -0.1) is 0 Å². The number of rotatable bonds is 3. The molecule has 4 heteroatoms. The minimum Gasteiger partial charge on any atom is -0.331 e. The molecule has 0 saturated heterocycles. The van der Waals surface area contributed by atoms with Gasteiger partial charge in [0.05, 0.1) is 5.69 Å². The van der Waals surface area contributed by atoms with Crippen molar-refractivity contribution in [1.82, 2.24) is 5.43 Å². The van der Waals surface area contributed by atoms with Crippen LogP contribution in [0.15, 0.2) is 54.6 Å². The zero-order valence-corrected chi connectivity index (χ0v) is 10.9. The van der Waals surface area contributed by atoms with E-state index in [4.69, 9.17) is 12.2 Å². The van der Waals surface area contributed by atoms with Crippen LogP contribution < -0.4 is 16.2 Å². The lowest BCUT2D eigenvalue weighted by Crippen LogP contribution is -2.33. The Balaban J connectivity index is 1.88. The quantitative estimate of drug-likeness (QED) is 0.582. The third kappa shape index (κ3) is 3.46. The SMILES string of the molecule is Cc1ccccc1NC(=S)NNc1ccccc1. The third-order valence-electron chi connectivity index (χ3n) is 2.49. The summed E-state index contributed by atoms with van der Waals surface area (Å²) in [6.45, 7) is 2.04. The number of nitrogens with one attached hydrogen (secondary N) is 3. The van der Waals surface area contributed by atoms with Crippen LogP contribution in [0.3, 0.4) is 0 Å². The first-order valence-corrected chi connectivity index (χ1v) is 6.10. The maximum Gasteiger partial charge on any atom is 0.189 e. The van der Waals surface area contributed by atoms with E-state index >= 15 is 0 Å². The van der Waals surface area contributed by atoms with E-state index in [0.29, 0.717) is 5.11 Å². The van der Waals surface area contributed by atoms with Gasteiger partial charge >= 0.3 is 0 Å². The molecular weight excluding hydrogens is 242 g/mol. The van der Waals surface area contributed by atoms with Gasteiger partial charge in [-0.25, -0.2) is 0 Å². The molecule has 0 spiro atoms. The Morgan fingerprint density at radius 1 is 0.944 bits per heavy atom. The number of benzene rings is 2. The van der Waals surface area contributed by atoms with Gasteiger partial charge < -0.3 is 5.32 Å². The predicted molar refractivity (Wildman–Crippen MR) is 80.6 cm³/mol. The summed E-state index contributed by atoms with van der Waals surface area (Å²) in [5.74, 6) is 0. The predicted octanol–water partition coefficient (Wildman–Crippen LogP) is 3.31. The molecule has 0 fully saturated rings. The van der Waals surface area contributed by atoms with Crippen LogP contribution in [0.25, 0.3) is 0 Å². The molecule has 0 aliphatic carbocycles. The number of hydrogen-bond donors (Lipinski definition) is 3. The Hall–Kier alpha value is -2.07. The molecule has 0 saturated carbocycles. The summed E-state index contributed by atoms with van der Waals surface area (Å²) in [6, 6.07) is 17.8. The Morgan fingerprint density at radius 2 is 1.61 bits per heavy atom. The highest BCUT2D eigenvalue weighted by Crippen LogP contribution is 2.12. The topological polar surface area (TPSA) is 36.1 Å². The summed E-state index contributed by atoms with van der Waals surface area (Å²) in [5, 5.41) is 3.67. The lowest BCUT2D eigenvalue weighted by atomic mass is 10.2. The highest BCUT2D eigenvalue weighted by atomic mass is 32.1. The molecule has 0 aromatic heterocycles. The van der Waals surface area contributed by atoms with Gasteiger partial charge in [-0.05, 0) is 42.9 Å². The molecule has 2 rings (SSSR count). The van der Waals surface area contributed by atoms with Crippen LogP contribution in [-0.4, -0.2) is 5.11 Å². The van der Waals surface area contributed by atoms with E-state index in [1.54, 1.807) is 0 Å². The van der Waals surface area contributed by atoms with Crippen LogP contribution in [0.4, 0.5) is 11.4 Å². The molecule has 0 atom stereocenters. The molecule has 18 heavy (non-hydrogen) atoms. The van der Waals surface area contributed by atoms with Gasteiger partial charge in [-0.2, -0.15) is 0 Å². The van der Waals surface area contributed by atoms with Crippen LogP contribution in [0.5, 0.6) is 0 Å². The highest BCUT2D eigenvalue weighted by molar-refractivity contribution is 7.80. The lowest BCUT2D eigenvalue weighted by Gasteiger charge is -2.13. The van der Waals surface area contributed by atoms with Crippen molar-refractivity contribution >= 4 is 28.7 Å². The number of aryl methyl sites for hydroxylation is 1. The van der Waals surface area contributed by atoms with Crippen LogP contribution >= 0.6 is 12.2 Å². The molecule has 0 amide bonds. The largest absolute Gasteiger partial charge is 0.331 e. The minimum atomic E-state index is 0.535. The first kappa shape index (κ1) is 12.4. The number of anilines is 2. The molecule has 0 aliphatic rings. The molecule has 92 valence electrons. The standard InChI is InChI=1S/C14H15N3S/c1-11-7-5-6-10-13(11)15-14(18)17-16-12-8-3-2-4-9-12/h2-10,16H,1H3,(H2,15,17,18). The van der Waals surface area contributed by atoms with Crippen molar-refractivity contribution in [2.75, 3.05) is 10.7 Å². The molecule has 0 bridgehead atoms. The molecule has 0 unspecified atom stereocenters. The van der Waals surface area contributed by atoms with Gasteiger partial charge in [0.2, 0.25) is 0 Å². The zero-order valence-electron chi connectivity index (χ0n) is 10.1. The molecule has 3 nitrogen and oxygen atoms in total. The summed E-state index contributed by atoms with van der Waals surface area (Å²) >= 11 is 5.21. The zero-order chi connectivity index (χ0) is 12.8. The fourth-order valence-corrected chi connectivity index (χ4v) is 1.68. The number of hydrazine groups is 1. The summed E-state index contributed by atoms with van der Waals surface area (Å²) in [4.78, 5) is 0. The van der Waals surface area contributed by atoms with Crippen molar-refractivity contribution in [3.63, 3.8) is 0 Å². The fraction of sp³-hybridized carbons (Fsp3) is 0.0714. The van der Waals surface area contributed by atoms with Gasteiger partial charge in [0.15, 0.2) is 5.11 Å². The Morgan fingerprint density at radius 3 is 2.33 bits per heavy atom. The van der Waals surface area contributed by atoms with Gasteiger partial charge in [0, 0.05) is 5.69 Å². The smallest absolute Gasteiger partial charge is 0.189 e. The molecule has 0 heterocycles. The van der Waals surface area contributed by atoms with Crippen molar-refractivity contribution in [2.24, 2.45) is 0 Å². The van der Waals surface area contributed by atoms with E-state index in [0.717, 1.165) is 16.9 Å². The lowest BCUT2D eigenvalue weighted by molar-refractivity contribution is 1.14. The molecule has 3 N–H and O–H groups in total. The van der Waals surface area contributed by atoms with Gasteiger partial charge in [0.25, 0.3) is 0 Å². The molecule has 2 aromatic carbocycles. The summed E-state index contributed by atoms with van der Waals surface area (Å²) < 4.78 is 0. The second kappa shape index (κ2) is 6.02. The Labute approximate surface area is 112 Å². The third-order valence-corrected chi connectivity index (χ3v) is 2.69. The fourth-order valence-electron chi connectivity index (χ4n) is 1.52. The first-order valence-electron chi connectivity index (χ1n) is 5.69. The molecule has 0 aliphatic heterocycles. The molecule has 0 radical (unpaired) electrons. The van der Waals surface area contributed by atoms with E-state index in [1.165, 1.54) is 0 Å². The average molecular weight is 257 g/mol. The number of hydrogen-bond acceptors (Lipinski definition) is 2. The van der Waals surface area contributed by atoms with Crippen LogP contribution in [0, 0.1) is 6.92 Å². The van der Waals surface area contributed by atoms with Gasteiger partial charge in [0.1, 0.15) is 0 Å². The van der Waals surface area contributed by atoms with E-state index in [1.807, 2.05) is 61.5 Å². The van der Waals surface area contributed by atoms with Crippen LogP contribution in [-0.2, 0) is 0 Å². The van der Waals surface area contributed by atoms with Crippen LogP contribution in [0.2, 0.25) is 0 Å². The van der Waals surface area contributed by atoms with Gasteiger partial charge in [-0.1, -0.05) is 36.4 Å². The second-order valence-electron chi connectivity index (χ2n) is 3.89. The van der Waals surface area contributed by atoms with Crippen LogP contribution in [0.1, 0.15) is 5.56 Å². The van der Waals surface area contributed by atoms with E-state index in [-0.39, 0.29) is 0 Å². The maximum absolute atomic E-state index is 5.21. The first-order chi connectivity index (χ1) is 8.75. The molecular formula is C14H15N3S. The van der Waals surface area contributed by atoms with Crippen molar-refractivity contribution < 1.29 is 0 Å². The summed E-state index contributed by atoms with van der Waals surface area (Å²) in [5.41, 5.74) is 9.10. The number of thiocarbonyl (C=S) groups is 1. The normalized spacial score (nSPS) is 9.61. The van der Waals surface area contributed by atoms with Crippen molar-refractivity contribution in [3.05, 3.63) is 60.2 Å². The Kier molecular flexibility index (Phi) is 4.15. The summed E-state index contributed by atoms with van der Waals surface area (Å²) in [6.07, 6.45) is 0. The van der Waals surface area contributed by atoms with Gasteiger partial charge in [-0.3, -0.25) is 10.9 Å². The monoisotopic (exact) mass is 257 g/mol. The van der Waals surface area contributed by atoms with Crippen molar-refractivity contribution in [3.8, 4) is 0 Å². The molecule has 2 aromatic rings. The summed E-state index contributed by atoms with van der Waals surface area (Å²) in [7, 11) is 0. The van der Waals surface area contributed by atoms with Crippen molar-refractivity contribution in [1.29, 1.82) is 0 Å². The van der Waals surface area contributed by atoms with Crippen molar-refractivity contribution in [2.45, 2.75) is 6.92 Å². The number of para-hydroxylation sites is 2.